The van der Waals surface area contributed by atoms with Gasteiger partial charge in [0.05, 0.1) is 0 Å². The number of nitrogens with one attached hydrogen (secondary N) is 1. The van der Waals surface area contributed by atoms with Crippen LogP contribution in [0.3, 0.4) is 0 Å². The number of rotatable bonds is 5. The van der Waals surface area contributed by atoms with Gasteiger partial charge in [-0.15, -0.1) is 0 Å². The molecular formula is C23H20N2O4. The predicted molar refractivity (Wildman–Crippen MR) is 109 cm³/mol. The molecule has 0 atom stereocenters. The average Bonchev–Trinajstić information content (AvgIpc) is 3.25. The van der Waals surface area contributed by atoms with Gasteiger partial charge in [0.15, 0.2) is 11.5 Å². The summed E-state index contributed by atoms with van der Waals surface area (Å²) in [5.74, 6) is 0.948. The van der Waals surface area contributed by atoms with E-state index in [1.54, 1.807) is 36.2 Å². The predicted octanol–water partition coefficient (Wildman–Crippen LogP) is 3.62. The molecule has 0 spiro atoms. The SMILES string of the molecule is CN(C(=O)c1cccc(C(=O)NCc2ccc3c(c2)OCO3)c1)c1ccccc1. The third kappa shape index (κ3) is 4.06. The summed E-state index contributed by atoms with van der Waals surface area (Å²) in [6.45, 7) is 0.557. The van der Waals surface area contributed by atoms with E-state index < -0.39 is 0 Å². The molecule has 29 heavy (non-hydrogen) atoms. The zero-order valence-electron chi connectivity index (χ0n) is 15.9. The second-order valence-corrected chi connectivity index (χ2v) is 6.65. The molecule has 6 heteroatoms. The summed E-state index contributed by atoms with van der Waals surface area (Å²) in [4.78, 5) is 26.9. The first kappa shape index (κ1) is 18.6. The van der Waals surface area contributed by atoms with Crippen molar-refractivity contribution in [1.29, 1.82) is 0 Å². The number of hydrogen-bond acceptors (Lipinski definition) is 4. The molecule has 1 heterocycles. The second-order valence-electron chi connectivity index (χ2n) is 6.65. The average molecular weight is 388 g/mol. The van der Waals surface area contributed by atoms with Gasteiger partial charge in [0.2, 0.25) is 6.79 Å². The van der Waals surface area contributed by atoms with Crippen LogP contribution in [0.15, 0.2) is 72.8 Å². The minimum absolute atomic E-state index is 0.179. The molecule has 1 N–H and O–H groups in total. The second kappa shape index (κ2) is 8.06. The summed E-state index contributed by atoms with van der Waals surface area (Å²) < 4.78 is 10.6. The van der Waals surface area contributed by atoms with E-state index in [9.17, 15) is 9.59 Å². The molecule has 1 aliphatic heterocycles. The molecule has 1 aliphatic rings. The molecule has 6 nitrogen and oxygen atoms in total. The fraction of sp³-hybridized carbons (Fsp3) is 0.130. The van der Waals surface area contributed by atoms with Crippen LogP contribution in [0, 0.1) is 0 Å². The molecule has 3 aromatic carbocycles. The first-order chi connectivity index (χ1) is 14.1. The lowest BCUT2D eigenvalue weighted by molar-refractivity contribution is 0.0951. The molecule has 0 unspecified atom stereocenters. The highest BCUT2D eigenvalue weighted by molar-refractivity contribution is 6.07. The van der Waals surface area contributed by atoms with Crippen LogP contribution in [-0.2, 0) is 6.54 Å². The van der Waals surface area contributed by atoms with Gasteiger partial charge in [-0.3, -0.25) is 9.59 Å². The number of carbonyl (C=O) groups is 2. The van der Waals surface area contributed by atoms with Gasteiger partial charge in [-0.1, -0.05) is 30.3 Å². The van der Waals surface area contributed by atoms with Gasteiger partial charge in [-0.05, 0) is 48.0 Å². The van der Waals surface area contributed by atoms with Gasteiger partial charge in [0.25, 0.3) is 11.8 Å². The van der Waals surface area contributed by atoms with Crippen molar-refractivity contribution in [2.45, 2.75) is 6.54 Å². The lowest BCUT2D eigenvalue weighted by Gasteiger charge is -2.17. The standard InChI is InChI=1S/C23H20N2O4/c1-25(19-8-3-2-4-9-19)23(27)18-7-5-6-17(13-18)22(26)24-14-16-10-11-20-21(12-16)29-15-28-20/h2-13H,14-15H2,1H3,(H,24,26). The normalized spacial score (nSPS) is 11.8. The molecule has 0 radical (unpaired) electrons. The van der Waals surface area contributed by atoms with Gasteiger partial charge in [-0.2, -0.15) is 0 Å². The number of ether oxygens (including phenoxy) is 2. The fourth-order valence-electron chi connectivity index (χ4n) is 3.09. The number of nitrogens with zero attached hydrogens (tertiary/aromatic N) is 1. The van der Waals surface area contributed by atoms with E-state index in [1.807, 2.05) is 48.5 Å². The van der Waals surface area contributed by atoms with Crippen LogP contribution >= 0.6 is 0 Å². The Morgan fingerprint density at radius 3 is 2.48 bits per heavy atom. The molecule has 4 rings (SSSR count). The maximum Gasteiger partial charge on any atom is 0.258 e. The van der Waals surface area contributed by atoms with Gasteiger partial charge in [-0.25, -0.2) is 0 Å². The summed E-state index contributed by atoms with van der Waals surface area (Å²) in [6, 6.07) is 21.6. The van der Waals surface area contributed by atoms with Crippen LogP contribution in [0.5, 0.6) is 11.5 Å². The Morgan fingerprint density at radius 2 is 1.66 bits per heavy atom. The van der Waals surface area contributed by atoms with Crippen molar-refractivity contribution in [2.75, 3.05) is 18.7 Å². The van der Waals surface area contributed by atoms with Crippen LogP contribution < -0.4 is 19.7 Å². The van der Waals surface area contributed by atoms with Crippen molar-refractivity contribution in [3.05, 3.63) is 89.5 Å². The van der Waals surface area contributed by atoms with Crippen molar-refractivity contribution in [3.8, 4) is 11.5 Å². The van der Waals surface area contributed by atoms with Crippen molar-refractivity contribution >= 4 is 17.5 Å². The summed E-state index contributed by atoms with van der Waals surface area (Å²) in [7, 11) is 1.71. The molecule has 2 amide bonds. The lowest BCUT2D eigenvalue weighted by Crippen LogP contribution is -2.27. The van der Waals surface area contributed by atoms with Crippen LogP contribution in [0.2, 0.25) is 0 Å². The van der Waals surface area contributed by atoms with E-state index in [2.05, 4.69) is 5.32 Å². The highest BCUT2D eigenvalue weighted by Crippen LogP contribution is 2.32. The Labute approximate surface area is 168 Å². The summed E-state index contributed by atoms with van der Waals surface area (Å²) in [5.41, 5.74) is 2.57. The molecule has 0 saturated heterocycles. The number of carbonyl (C=O) groups excluding carboxylic acids is 2. The molecule has 0 aromatic heterocycles. The van der Waals surface area contributed by atoms with Crippen molar-refractivity contribution in [2.24, 2.45) is 0 Å². The first-order valence-corrected chi connectivity index (χ1v) is 9.22. The smallest absolute Gasteiger partial charge is 0.258 e. The Bertz CT molecular complexity index is 1050. The van der Waals surface area contributed by atoms with Crippen LogP contribution in [-0.4, -0.2) is 25.7 Å². The molecule has 0 fully saturated rings. The number of amides is 2. The zero-order chi connectivity index (χ0) is 20.2. The summed E-state index contributed by atoms with van der Waals surface area (Å²) in [6.07, 6.45) is 0. The Hall–Kier alpha value is -3.80. The van der Waals surface area contributed by atoms with Gasteiger partial charge in [0.1, 0.15) is 0 Å². The number of fused-ring (bicyclic) bond motifs is 1. The first-order valence-electron chi connectivity index (χ1n) is 9.22. The molecule has 0 bridgehead atoms. The lowest BCUT2D eigenvalue weighted by atomic mass is 10.1. The van der Waals surface area contributed by atoms with Crippen LogP contribution in [0.4, 0.5) is 5.69 Å². The number of hydrogen-bond donors (Lipinski definition) is 1. The minimum atomic E-state index is -0.250. The topological polar surface area (TPSA) is 67.9 Å². The Morgan fingerprint density at radius 1 is 0.897 bits per heavy atom. The van der Waals surface area contributed by atoms with Crippen LogP contribution in [0.1, 0.15) is 26.3 Å². The quantitative estimate of drug-likeness (QED) is 0.725. The van der Waals surface area contributed by atoms with Gasteiger partial charge in [0, 0.05) is 30.4 Å². The van der Waals surface area contributed by atoms with Gasteiger partial charge >= 0.3 is 0 Å². The Kier molecular flexibility index (Phi) is 5.16. The third-order valence-corrected chi connectivity index (χ3v) is 4.71. The largest absolute Gasteiger partial charge is 0.454 e. The Balaban J connectivity index is 1.44. The van der Waals surface area contributed by atoms with Gasteiger partial charge < -0.3 is 19.7 Å². The molecular weight excluding hydrogens is 368 g/mol. The number of anilines is 1. The van der Waals surface area contributed by atoms with Crippen molar-refractivity contribution in [3.63, 3.8) is 0 Å². The molecule has 146 valence electrons. The zero-order valence-corrected chi connectivity index (χ0v) is 15.9. The maximum atomic E-state index is 12.8. The molecule has 3 aromatic rings. The third-order valence-electron chi connectivity index (χ3n) is 4.71. The summed E-state index contributed by atoms with van der Waals surface area (Å²) in [5, 5.41) is 2.87. The van der Waals surface area contributed by atoms with E-state index in [0.29, 0.717) is 29.2 Å². The highest BCUT2D eigenvalue weighted by Gasteiger charge is 2.16. The van der Waals surface area contributed by atoms with Crippen molar-refractivity contribution < 1.29 is 19.1 Å². The summed E-state index contributed by atoms with van der Waals surface area (Å²) >= 11 is 0. The van der Waals surface area contributed by atoms with Crippen molar-refractivity contribution in [1.82, 2.24) is 5.32 Å². The monoisotopic (exact) mass is 388 g/mol. The van der Waals surface area contributed by atoms with Crippen LogP contribution in [0.25, 0.3) is 0 Å². The number of benzene rings is 3. The molecule has 0 aliphatic carbocycles. The van der Waals surface area contributed by atoms with E-state index in [4.69, 9.17) is 9.47 Å². The van der Waals surface area contributed by atoms with E-state index in [1.165, 1.54) is 0 Å². The highest BCUT2D eigenvalue weighted by atomic mass is 16.7. The maximum absolute atomic E-state index is 12.8. The minimum Gasteiger partial charge on any atom is -0.454 e. The fourth-order valence-corrected chi connectivity index (χ4v) is 3.09. The molecule has 0 saturated carbocycles. The van der Waals surface area contributed by atoms with E-state index >= 15 is 0 Å². The van der Waals surface area contributed by atoms with E-state index in [-0.39, 0.29) is 18.6 Å². The van der Waals surface area contributed by atoms with E-state index in [0.717, 1.165) is 11.3 Å². The number of para-hydroxylation sites is 1.